The average Bonchev–Trinajstić information content (AvgIpc) is 3.01. The maximum absolute atomic E-state index is 11.8. The highest BCUT2D eigenvalue weighted by atomic mass is 31.2. The largest absolute Gasteiger partial charge is 0.396 e. The Morgan fingerprint density at radius 3 is 2.50 bits per heavy atom. The molecule has 0 fully saturated rings. The number of nitrogens with one attached hydrogen (secondary N) is 1. The third-order valence-electron chi connectivity index (χ3n) is 4.82. The van der Waals surface area contributed by atoms with E-state index in [-0.39, 0.29) is 43.0 Å². The molecule has 0 spiro atoms. The van der Waals surface area contributed by atoms with Crippen molar-refractivity contribution in [3.8, 4) is 0 Å². The van der Waals surface area contributed by atoms with Gasteiger partial charge in [-0.15, -0.1) is 0 Å². The van der Waals surface area contributed by atoms with Crippen LogP contribution in [-0.2, 0) is 23.5 Å². The Balaban J connectivity index is 2.02. The molecule has 0 aromatic rings. The highest BCUT2D eigenvalue weighted by Crippen LogP contribution is 2.42. The molecule has 0 saturated heterocycles. The van der Waals surface area contributed by atoms with E-state index in [2.05, 4.69) is 5.32 Å². The van der Waals surface area contributed by atoms with Gasteiger partial charge >= 0.3 is 7.60 Å². The van der Waals surface area contributed by atoms with Crippen molar-refractivity contribution < 1.29 is 33.5 Å². The molecule has 2 unspecified atom stereocenters. The van der Waals surface area contributed by atoms with E-state index >= 15 is 0 Å². The van der Waals surface area contributed by atoms with E-state index in [1.54, 1.807) is 6.92 Å². The van der Waals surface area contributed by atoms with Gasteiger partial charge in [-0.3, -0.25) is 23.8 Å². The molecule has 0 aromatic heterocycles. The zero-order valence-electron chi connectivity index (χ0n) is 17.8. The predicted molar refractivity (Wildman–Crippen MR) is 113 cm³/mol. The van der Waals surface area contributed by atoms with Gasteiger partial charge in [-0.05, 0) is 32.1 Å². The van der Waals surface area contributed by atoms with Gasteiger partial charge in [-0.25, -0.2) is 0 Å². The summed E-state index contributed by atoms with van der Waals surface area (Å²) in [4.78, 5) is 45.4. The molecule has 0 aliphatic carbocycles. The molecule has 3 amide bonds. The summed E-state index contributed by atoms with van der Waals surface area (Å²) in [5.74, 6) is -0.784. The number of carbonyl (C=O) groups excluding carboxylic acids is 3. The van der Waals surface area contributed by atoms with Gasteiger partial charge in [0.05, 0.1) is 6.61 Å². The van der Waals surface area contributed by atoms with Crippen LogP contribution in [0.4, 0.5) is 0 Å². The summed E-state index contributed by atoms with van der Waals surface area (Å²) in [5, 5.41) is 12.2. The molecular formula is C20H35N2O7P. The van der Waals surface area contributed by atoms with Crippen LogP contribution in [0.25, 0.3) is 0 Å². The van der Waals surface area contributed by atoms with Crippen LogP contribution in [0.15, 0.2) is 12.2 Å². The fourth-order valence-electron chi connectivity index (χ4n) is 3.05. The Morgan fingerprint density at radius 2 is 1.87 bits per heavy atom. The van der Waals surface area contributed by atoms with E-state index in [1.165, 1.54) is 17.1 Å². The van der Waals surface area contributed by atoms with Crippen LogP contribution >= 0.6 is 7.60 Å². The second-order valence-electron chi connectivity index (χ2n) is 7.52. The predicted octanol–water partition coefficient (Wildman–Crippen LogP) is 1.98. The van der Waals surface area contributed by atoms with Crippen LogP contribution < -0.4 is 5.32 Å². The summed E-state index contributed by atoms with van der Waals surface area (Å²) in [6.45, 7) is 2.67. The molecule has 172 valence electrons. The molecule has 2 atom stereocenters. The Morgan fingerprint density at radius 1 is 1.17 bits per heavy atom. The molecule has 9 nitrogen and oxygen atoms in total. The van der Waals surface area contributed by atoms with Gasteiger partial charge in [0, 0.05) is 50.3 Å². The summed E-state index contributed by atoms with van der Waals surface area (Å²) in [5.41, 5.74) is 0. The van der Waals surface area contributed by atoms with E-state index < -0.39 is 7.60 Å². The number of hydrogen-bond acceptors (Lipinski definition) is 6. The van der Waals surface area contributed by atoms with Crippen LogP contribution in [0.3, 0.4) is 0 Å². The number of imide groups is 1. The molecule has 3 N–H and O–H groups in total. The molecule has 10 heteroatoms. The monoisotopic (exact) mass is 446 g/mol. The van der Waals surface area contributed by atoms with E-state index in [4.69, 9.17) is 4.52 Å². The van der Waals surface area contributed by atoms with E-state index in [1.807, 2.05) is 0 Å². The summed E-state index contributed by atoms with van der Waals surface area (Å²) >= 11 is 0. The third-order valence-corrected chi connectivity index (χ3v) is 6.39. The van der Waals surface area contributed by atoms with Gasteiger partial charge in [-0.2, -0.15) is 0 Å². The second kappa shape index (κ2) is 14.5. The molecule has 1 rings (SSSR count). The molecule has 0 radical (unpaired) electrons. The molecule has 1 heterocycles. The molecule has 0 saturated carbocycles. The summed E-state index contributed by atoms with van der Waals surface area (Å²) in [6.07, 6.45) is 7.91. The van der Waals surface area contributed by atoms with Gasteiger partial charge in [0.15, 0.2) is 0 Å². The van der Waals surface area contributed by atoms with Crippen molar-refractivity contribution in [2.75, 3.05) is 32.5 Å². The minimum absolute atomic E-state index is 0.0344. The first-order valence-corrected chi connectivity index (χ1v) is 12.4. The van der Waals surface area contributed by atoms with Crippen LogP contribution in [0, 0.1) is 5.92 Å². The highest BCUT2D eigenvalue weighted by Gasteiger charge is 2.22. The second-order valence-corrected chi connectivity index (χ2v) is 9.50. The Bertz CT molecular complexity index is 621. The van der Waals surface area contributed by atoms with E-state index in [0.29, 0.717) is 45.2 Å². The molecule has 0 aromatic carbocycles. The SMILES string of the molecule is CCCP(=O)(O)OCC(CO)CCCCNC(=O)CCCCCN1C(=O)C=CC1=O. The first-order chi connectivity index (χ1) is 14.3. The quantitative estimate of drug-likeness (QED) is 0.177. The van der Waals surface area contributed by atoms with E-state index in [9.17, 15) is 28.9 Å². The summed E-state index contributed by atoms with van der Waals surface area (Å²) in [7, 11) is -3.55. The van der Waals surface area contributed by atoms with Crippen LogP contribution in [-0.4, -0.2) is 65.1 Å². The molecular weight excluding hydrogens is 411 g/mol. The zero-order valence-corrected chi connectivity index (χ0v) is 18.6. The van der Waals surface area contributed by atoms with Crippen LogP contribution in [0.2, 0.25) is 0 Å². The summed E-state index contributed by atoms with van der Waals surface area (Å²) < 4.78 is 16.7. The Labute approximate surface area is 178 Å². The number of amides is 3. The maximum Gasteiger partial charge on any atom is 0.328 e. The number of rotatable bonds is 17. The lowest BCUT2D eigenvalue weighted by Gasteiger charge is -2.17. The van der Waals surface area contributed by atoms with Gasteiger partial charge in [0.25, 0.3) is 11.8 Å². The minimum Gasteiger partial charge on any atom is -0.396 e. The number of nitrogens with zero attached hydrogens (tertiary/aromatic N) is 1. The molecule has 0 bridgehead atoms. The lowest BCUT2D eigenvalue weighted by atomic mass is 10.0. The summed E-state index contributed by atoms with van der Waals surface area (Å²) in [6, 6.07) is 0. The fourth-order valence-corrected chi connectivity index (χ4v) is 4.19. The van der Waals surface area contributed by atoms with Gasteiger partial charge in [0.2, 0.25) is 5.91 Å². The molecule has 30 heavy (non-hydrogen) atoms. The van der Waals surface area contributed by atoms with Gasteiger partial charge < -0.3 is 19.8 Å². The fraction of sp³-hybridized carbons (Fsp3) is 0.750. The first kappa shape index (κ1) is 26.5. The van der Waals surface area contributed by atoms with Crippen molar-refractivity contribution >= 4 is 25.3 Å². The van der Waals surface area contributed by atoms with Crippen molar-refractivity contribution in [3.05, 3.63) is 12.2 Å². The highest BCUT2D eigenvalue weighted by molar-refractivity contribution is 7.52. The smallest absolute Gasteiger partial charge is 0.328 e. The zero-order chi connectivity index (χ0) is 22.4. The number of unbranched alkanes of at least 4 members (excludes halogenated alkanes) is 3. The topological polar surface area (TPSA) is 133 Å². The third kappa shape index (κ3) is 11.0. The first-order valence-electron chi connectivity index (χ1n) is 10.7. The molecule has 1 aliphatic rings. The number of hydrogen-bond donors (Lipinski definition) is 3. The van der Waals surface area contributed by atoms with Gasteiger partial charge in [0.1, 0.15) is 0 Å². The lowest BCUT2D eigenvalue weighted by Crippen LogP contribution is -2.30. The number of aliphatic hydroxyl groups is 1. The Hall–Kier alpha value is -1.54. The molecule has 1 aliphatic heterocycles. The van der Waals surface area contributed by atoms with Gasteiger partial charge in [-0.1, -0.05) is 19.8 Å². The normalized spacial score (nSPS) is 16.7. The Kier molecular flexibility index (Phi) is 12.8. The van der Waals surface area contributed by atoms with Crippen molar-refractivity contribution in [1.29, 1.82) is 0 Å². The van der Waals surface area contributed by atoms with Crippen molar-refractivity contribution in [2.24, 2.45) is 5.92 Å². The van der Waals surface area contributed by atoms with Crippen molar-refractivity contribution in [1.82, 2.24) is 10.2 Å². The minimum atomic E-state index is -3.55. The van der Waals surface area contributed by atoms with Crippen LogP contribution in [0.1, 0.15) is 58.3 Å². The van der Waals surface area contributed by atoms with E-state index in [0.717, 1.165) is 19.3 Å². The number of carbonyl (C=O) groups is 3. The van der Waals surface area contributed by atoms with Crippen molar-refractivity contribution in [2.45, 2.75) is 58.3 Å². The average molecular weight is 446 g/mol. The standard InChI is InChI=1S/C20H35N2O7P/c1-2-14-30(27,28)29-16-17(15-23)8-5-6-12-21-18(24)9-4-3-7-13-22-19(25)10-11-20(22)26/h10-11,17,23H,2-9,12-16H2,1H3,(H,21,24)(H,27,28). The van der Waals surface area contributed by atoms with Crippen molar-refractivity contribution in [3.63, 3.8) is 0 Å². The van der Waals surface area contributed by atoms with Crippen LogP contribution in [0.5, 0.6) is 0 Å². The lowest BCUT2D eigenvalue weighted by molar-refractivity contribution is -0.137. The number of aliphatic hydroxyl groups excluding tert-OH is 1. The maximum atomic E-state index is 11.8.